The molecule has 3 heterocycles. The third-order valence-corrected chi connectivity index (χ3v) is 5.74. The van der Waals surface area contributed by atoms with E-state index in [-0.39, 0.29) is 12.2 Å². The zero-order valence-corrected chi connectivity index (χ0v) is 17.3. The fraction of sp³-hybridized carbons (Fsp3) is 0.200. The van der Waals surface area contributed by atoms with Gasteiger partial charge in [-0.15, -0.1) is 0 Å². The Morgan fingerprint density at radius 2 is 1.78 bits per heavy atom. The molecule has 5 rings (SSSR count). The van der Waals surface area contributed by atoms with E-state index in [1.165, 1.54) is 12.1 Å². The number of furan rings is 1. The summed E-state index contributed by atoms with van der Waals surface area (Å²) in [5.41, 5.74) is 2.98. The fourth-order valence-corrected chi connectivity index (χ4v) is 4.08. The summed E-state index contributed by atoms with van der Waals surface area (Å²) in [6.07, 6.45) is 4.87. The van der Waals surface area contributed by atoms with E-state index >= 15 is 0 Å². The number of nitrogens with zero attached hydrogens (tertiary/aromatic N) is 1. The molecule has 0 radical (unpaired) electrons. The molecule has 0 unspecified atom stereocenters. The highest BCUT2D eigenvalue weighted by Crippen LogP contribution is 2.37. The van der Waals surface area contributed by atoms with Crippen molar-refractivity contribution >= 4 is 29.0 Å². The quantitative estimate of drug-likeness (QED) is 0.548. The van der Waals surface area contributed by atoms with Gasteiger partial charge in [-0.1, -0.05) is 35.9 Å². The number of piperidine rings is 1. The van der Waals surface area contributed by atoms with Crippen molar-refractivity contribution in [3.63, 3.8) is 0 Å². The van der Waals surface area contributed by atoms with Gasteiger partial charge >= 0.3 is 17.8 Å². The number of hydrogen-bond donors (Lipinski definition) is 0. The molecule has 1 spiro atoms. The highest BCUT2D eigenvalue weighted by molar-refractivity contribution is 5.93. The van der Waals surface area contributed by atoms with Gasteiger partial charge in [-0.3, -0.25) is 0 Å². The number of carbonyl (C=O) groups is 2. The summed E-state index contributed by atoms with van der Waals surface area (Å²) in [7, 11) is 1.74. The first-order valence-corrected chi connectivity index (χ1v) is 10.3. The zero-order valence-electron chi connectivity index (χ0n) is 17.3. The Morgan fingerprint density at radius 1 is 1.03 bits per heavy atom. The smallest absolute Gasteiger partial charge is 0.335 e. The average Bonchev–Trinajstić information content (AvgIpc) is 3.14. The lowest BCUT2D eigenvalue weighted by Gasteiger charge is -2.42. The number of esters is 2. The zero-order chi connectivity index (χ0) is 22.3. The monoisotopic (exact) mass is 433 g/mol. The summed E-state index contributed by atoms with van der Waals surface area (Å²) in [5, 5.41) is 0.924. The first-order valence-electron chi connectivity index (χ1n) is 10.3. The Balaban J connectivity index is 1.54. The molecule has 3 aromatic rings. The minimum atomic E-state index is -1.51. The maximum absolute atomic E-state index is 14.1. The van der Waals surface area contributed by atoms with Crippen LogP contribution in [0.15, 0.2) is 70.7 Å². The van der Waals surface area contributed by atoms with Crippen LogP contribution in [0, 0.1) is 5.82 Å². The van der Waals surface area contributed by atoms with Crippen LogP contribution in [-0.4, -0.2) is 36.3 Å². The largest absolute Gasteiger partial charge is 0.456 e. The lowest BCUT2D eigenvalue weighted by Crippen LogP contribution is -2.55. The first-order chi connectivity index (χ1) is 15.4. The summed E-state index contributed by atoms with van der Waals surface area (Å²) >= 11 is 0. The Kier molecular flexibility index (Phi) is 4.90. The maximum atomic E-state index is 14.1. The second-order valence-corrected chi connectivity index (χ2v) is 7.92. The summed E-state index contributed by atoms with van der Waals surface area (Å²) in [4.78, 5) is 25.8. The Bertz CT molecular complexity index is 1240. The van der Waals surface area contributed by atoms with Gasteiger partial charge in [0.2, 0.25) is 0 Å². The van der Waals surface area contributed by atoms with E-state index in [1.807, 2.05) is 36.4 Å². The number of rotatable bonds is 2. The van der Waals surface area contributed by atoms with E-state index < -0.39 is 17.8 Å². The van der Waals surface area contributed by atoms with Crippen LogP contribution in [0.4, 0.5) is 4.39 Å². The number of para-hydroxylation sites is 1. The van der Waals surface area contributed by atoms with Crippen molar-refractivity contribution in [3.8, 4) is 11.3 Å². The molecule has 0 aliphatic carbocycles. The highest BCUT2D eigenvalue weighted by Gasteiger charge is 2.46. The summed E-state index contributed by atoms with van der Waals surface area (Å²) in [5.74, 6) is -2.62. The third kappa shape index (κ3) is 3.71. The van der Waals surface area contributed by atoms with Crippen LogP contribution >= 0.6 is 0 Å². The van der Waals surface area contributed by atoms with Gasteiger partial charge in [-0.2, -0.15) is 0 Å². The molecule has 2 aromatic carbocycles. The molecule has 162 valence electrons. The molecule has 0 atom stereocenters. The van der Waals surface area contributed by atoms with E-state index in [0.717, 1.165) is 28.7 Å². The van der Waals surface area contributed by atoms with Gasteiger partial charge < -0.3 is 13.9 Å². The summed E-state index contributed by atoms with van der Waals surface area (Å²) < 4.78 is 31.1. The van der Waals surface area contributed by atoms with Crippen molar-refractivity contribution in [1.29, 1.82) is 0 Å². The lowest BCUT2D eigenvalue weighted by atomic mass is 9.95. The number of halogens is 1. The van der Waals surface area contributed by atoms with Crippen LogP contribution in [0.25, 0.3) is 28.4 Å². The van der Waals surface area contributed by atoms with Gasteiger partial charge in [-0.25, -0.2) is 18.9 Å². The van der Waals surface area contributed by atoms with Crippen molar-refractivity contribution in [2.24, 2.45) is 0 Å². The molecule has 1 fully saturated rings. The van der Waals surface area contributed by atoms with Crippen molar-refractivity contribution < 1.29 is 27.9 Å². The third-order valence-electron chi connectivity index (χ3n) is 5.74. The van der Waals surface area contributed by atoms with Gasteiger partial charge in [0.1, 0.15) is 17.2 Å². The molecule has 6 nitrogen and oxygen atoms in total. The number of ether oxygens (including phenoxy) is 2. The van der Waals surface area contributed by atoms with Gasteiger partial charge in [0.15, 0.2) is 0 Å². The van der Waals surface area contributed by atoms with Crippen molar-refractivity contribution in [3.05, 3.63) is 77.6 Å². The van der Waals surface area contributed by atoms with E-state index in [1.54, 1.807) is 18.0 Å². The van der Waals surface area contributed by atoms with E-state index in [4.69, 9.17) is 13.9 Å². The minimum absolute atomic E-state index is 0.180. The predicted octanol–water partition coefficient (Wildman–Crippen LogP) is 4.66. The number of hydrogen-bond acceptors (Lipinski definition) is 6. The molecular weight excluding hydrogens is 413 g/mol. The van der Waals surface area contributed by atoms with Crippen LogP contribution in [0.2, 0.25) is 0 Å². The molecular formula is C25H20FNO5. The number of carbonyl (C=O) groups excluding carboxylic acids is 2. The van der Waals surface area contributed by atoms with Gasteiger partial charge in [-0.05, 0) is 43.3 Å². The van der Waals surface area contributed by atoms with Crippen LogP contribution in [0.3, 0.4) is 0 Å². The Labute approximate surface area is 183 Å². The van der Waals surface area contributed by atoms with Crippen LogP contribution < -0.4 is 0 Å². The molecule has 32 heavy (non-hydrogen) atoms. The average molecular weight is 433 g/mol. The summed E-state index contributed by atoms with van der Waals surface area (Å²) in [6, 6.07) is 14.0. The molecule has 1 saturated heterocycles. The van der Waals surface area contributed by atoms with Gasteiger partial charge in [0.25, 0.3) is 0 Å². The topological polar surface area (TPSA) is 69.0 Å². The Morgan fingerprint density at radius 3 is 2.53 bits per heavy atom. The molecule has 0 bridgehead atoms. The highest BCUT2D eigenvalue weighted by atomic mass is 19.1. The minimum Gasteiger partial charge on any atom is -0.456 e. The molecule has 0 N–H and O–H groups in total. The first kappa shape index (κ1) is 20.2. The van der Waals surface area contributed by atoms with Gasteiger partial charge in [0, 0.05) is 29.6 Å². The van der Waals surface area contributed by atoms with Crippen molar-refractivity contribution in [1.82, 2.24) is 4.90 Å². The fourth-order valence-electron chi connectivity index (χ4n) is 4.08. The van der Waals surface area contributed by atoms with Crippen LogP contribution in [0.5, 0.6) is 0 Å². The summed E-state index contributed by atoms with van der Waals surface area (Å²) in [6.45, 7) is 0.507. The standard InChI is InChI=1S/C25H20FNO5/c1-27-11-10-16(15-25(27)31-23(28)8-9-24(29)32-25)12-17-6-7-19(26)14-20(17)22-13-18-4-2-3-5-21(18)30-22/h2-9,12-14H,10-11,15H2,1H3/b16-12+. The van der Waals surface area contributed by atoms with Crippen LogP contribution in [0.1, 0.15) is 18.4 Å². The maximum Gasteiger partial charge on any atom is 0.335 e. The molecule has 2 aliphatic rings. The van der Waals surface area contributed by atoms with Crippen LogP contribution in [-0.2, 0) is 19.1 Å². The van der Waals surface area contributed by atoms with Gasteiger partial charge in [0.05, 0.1) is 6.42 Å². The SMILES string of the molecule is CN1CC/C(=C\c2ccc(F)cc2-c2cc3ccccc3o2)CC12OC(=O)C=CC(=O)O2. The molecule has 2 aliphatic heterocycles. The molecule has 1 aromatic heterocycles. The normalized spacial score (nSPS) is 19.9. The van der Waals surface area contributed by atoms with Crippen molar-refractivity contribution in [2.75, 3.05) is 13.6 Å². The molecule has 0 amide bonds. The van der Waals surface area contributed by atoms with Crippen molar-refractivity contribution in [2.45, 2.75) is 18.8 Å². The molecule has 0 saturated carbocycles. The van der Waals surface area contributed by atoms with E-state index in [9.17, 15) is 14.0 Å². The van der Waals surface area contributed by atoms with E-state index in [0.29, 0.717) is 29.9 Å². The Hall–Kier alpha value is -3.71. The second-order valence-electron chi connectivity index (χ2n) is 7.92. The number of likely N-dealkylation sites (tertiary alicyclic amines) is 1. The number of fused-ring (bicyclic) bond motifs is 1. The lowest BCUT2D eigenvalue weighted by molar-refractivity contribution is -0.281. The molecule has 7 heteroatoms. The number of benzene rings is 2. The second kappa shape index (κ2) is 7.76. The predicted molar refractivity (Wildman–Crippen MR) is 116 cm³/mol. The van der Waals surface area contributed by atoms with E-state index in [2.05, 4.69) is 0 Å².